The first-order valence-electron chi connectivity index (χ1n) is 10.3. The van der Waals surface area contributed by atoms with E-state index >= 15 is 0 Å². The predicted molar refractivity (Wildman–Crippen MR) is 120 cm³/mol. The highest BCUT2D eigenvalue weighted by atomic mass is 35.5. The lowest BCUT2D eigenvalue weighted by atomic mass is 9.88. The number of aliphatic hydroxyl groups is 1. The summed E-state index contributed by atoms with van der Waals surface area (Å²) in [5, 5.41) is 15.3. The molecule has 7 nitrogen and oxygen atoms in total. The molecule has 3 N–H and O–H groups in total. The third-order valence-corrected chi connectivity index (χ3v) is 6.66. The van der Waals surface area contributed by atoms with Crippen molar-refractivity contribution in [3.05, 3.63) is 62.0 Å². The van der Waals surface area contributed by atoms with Crippen molar-refractivity contribution in [3.8, 4) is 0 Å². The van der Waals surface area contributed by atoms with Gasteiger partial charge in [0.2, 0.25) is 5.82 Å². The Labute approximate surface area is 188 Å². The Hall–Kier alpha value is -2.26. The molecule has 0 spiro atoms. The Kier molecular flexibility index (Phi) is 7.02. The van der Waals surface area contributed by atoms with Crippen molar-refractivity contribution in [1.29, 1.82) is 0 Å². The number of hydrogen-bond donors (Lipinski definition) is 3. The van der Waals surface area contributed by atoms with Crippen LogP contribution in [-0.2, 0) is 17.9 Å². The number of carbonyl (C=O) groups excluding carboxylic acids is 1. The van der Waals surface area contributed by atoms with Crippen molar-refractivity contribution in [2.24, 2.45) is 5.92 Å². The molecule has 1 aliphatic rings. The van der Waals surface area contributed by atoms with Gasteiger partial charge in [-0.25, -0.2) is 4.98 Å². The summed E-state index contributed by atoms with van der Waals surface area (Å²) in [4.78, 5) is 32.5. The zero-order valence-electron chi connectivity index (χ0n) is 16.9. The second kappa shape index (κ2) is 9.91. The summed E-state index contributed by atoms with van der Waals surface area (Å²) in [5.74, 6) is -0.0289. The molecule has 2 heterocycles. The quantitative estimate of drug-likeness (QED) is 0.498. The van der Waals surface area contributed by atoms with E-state index in [0.717, 1.165) is 36.8 Å². The number of aromatic amines is 1. The van der Waals surface area contributed by atoms with Crippen LogP contribution in [0.1, 0.15) is 47.4 Å². The second-order valence-electron chi connectivity index (χ2n) is 7.86. The Morgan fingerprint density at radius 3 is 2.90 bits per heavy atom. The zero-order valence-corrected chi connectivity index (χ0v) is 18.5. The molecule has 0 atom stereocenters. The maximum Gasteiger partial charge on any atom is 0.287 e. The van der Waals surface area contributed by atoms with Crippen molar-refractivity contribution in [2.75, 3.05) is 6.61 Å². The number of carbonyl (C=O) groups is 1. The minimum absolute atomic E-state index is 0.0189. The van der Waals surface area contributed by atoms with Crippen LogP contribution in [0.15, 0.2) is 34.4 Å². The number of halogens is 1. The van der Waals surface area contributed by atoms with Crippen LogP contribution in [0, 0.1) is 5.92 Å². The average Bonchev–Trinajstić information content (AvgIpc) is 3.17. The van der Waals surface area contributed by atoms with Crippen molar-refractivity contribution >= 4 is 39.1 Å². The number of fused-ring (bicyclic) bond motifs is 1. The van der Waals surface area contributed by atoms with E-state index in [1.54, 1.807) is 12.1 Å². The van der Waals surface area contributed by atoms with Crippen LogP contribution in [0.25, 0.3) is 10.2 Å². The maximum absolute atomic E-state index is 12.6. The predicted octanol–water partition coefficient (Wildman–Crippen LogP) is 3.64. The van der Waals surface area contributed by atoms with Crippen LogP contribution in [0.2, 0.25) is 5.02 Å². The number of ether oxygens (including phenoxy) is 1. The Morgan fingerprint density at radius 1 is 1.32 bits per heavy atom. The van der Waals surface area contributed by atoms with Gasteiger partial charge >= 0.3 is 0 Å². The second-order valence-corrected chi connectivity index (χ2v) is 9.15. The van der Waals surface area contributed by atoms with Gasteiger partial charge in [0.05, 0.1) is 18.1 Å². The largest absolute Gasteiger partial charge is 0.393 e. The molecule has 1 aromatic carbocycles. The smallest absolute Gasteiger partial charge is 0.287 e. The van der Waals surface area contributed by atoms with Crippen LogP contribution < -0.4 is 10.9 Å². The number of nitrogens with zero attached hydrogens (tertiary/aromatic N) is 1. The number of amides is 1. The van der Waals surface area contributed by atoms with Crippen molar-refractivity contribution in [1.82, 2.24) is 15.3 Å². The van der Waals surface area contributed by atoms with Gasteiger partial charge in [-0.15, -0.1) is 11.3 Å². The third-order valence-electron chi connectivity index (χ3n) is 5.50. The van der Waals surface area contributed by atoms with E-state index in [1.165, 1.54) is 11.3 Å². The van der Waals surface area contributed by atoms with Gasteiger partial charge in [-0.3, -0.25) is 9.59 Å². The van der Waals surface area contributed by atoms with Crippen LogP contribution in [0.5, 0.6) is 0 Å². The molecule has 164 valence electrons. The van der Waals surface area contributed by atoms with E-state index in [2.05, 4.69) is 15.3 Å². The molecule has 1 amide bonds. The lowest BCUT2D eigenvalue weighted by molar-refractivity contribution is 0.0449. The van der Waals surface area contributed by atoms with Crippen LogP contribution in [0.3, 0.4) is 0 Å². The highest BCUT2D eigenvalue weighted by Gasteiger charge is 2.20. The average molecular weight is 462 g/mol. The zero-order chi connectivity index (χ0) is 21.8. The molecule has 1 saturated carbocycles. The van der Waals surface area contributed by atoms with Crippen LogP contribution in [-0.4, -0.2) is 33.7 Å². The minimum Gasteiger partial charge on any atom is -0.393 e. The van der Waals surface area contributed by atoms with Gasteiger partial charge in [0.1, 0.15) is 4.83 Å². The molecule has 9 heteroatoms. The van der Waals surface area contributed by atoms with Gasteiger partial charge in [0.25, 0.3) is 11.5 Å². The molecule has 2 aromatic heterocycles. The summed E-state index contributed by atoms with van der Waals surface area (Å²) >= 11 is 7.28. The van der Waals surface area contributed by atoms with E-state index in [0.29, 0.717) is 34.4 Å². The van der Waals surface area contributed by atoms with Gasteiger partial charge in [-0.1, -0.05) is 23.7 Å². The fourth-order valence-electron chi connectivity index (χ4n) is 3.78. The summed E-state index contributed by atoms with van der Waals surface area (Å²) in [6, 6.07) is 7.19. The molecule has 0 aliphatic heterocycles. The highest BCUT2D eigenvalue weighted by molar-refractivity contribution is 7.16. The van der Waals surface area contributed by atoms with Gasteiger partial charge in [0, 0.05) is 23.7 Å². The fourth-order valence-corrected chi connectivity index (χ4v) is 4.92. The van der Waals surface area contributed by atoms with Gasteiger partial charge in [-0.2, -0.15) is 0 Å². The van der Waals surface area contributed by atoms with E-state index in [1.807, 2.05) is 17.5 Å². The topological polar surface area (TPSA) is 104 Å². The minimum atomic E-state index is -0.454. The Morgan fingerprint density at radius 2 is 2.13 bits per heavy atom. The number of hydrogen-bond acceptors (Lipinski definition) is 6. The molecule has 31 heavy (non-hydrogen) atoms. The number of rotatable bonds is 7. The van der Waals surface area contributed by atoms with E-state index in [4.69, 9.17) is 16.3 Å². The summed E-state index contributed by atoms with van der Waals surface area (Å²) in [5.41, 5.74) is 1.28. The van der Waals surface area contributed by atoms with Crippen molar-refractivity contribution in [2.45, 2.75) is 44.9 Å². The number of thiophene rings is 1. The van der Waals surface area contributed by atoms with Crippen LogP contribution >= 0.6 is 22.9 Å². The first-order valence-corrected chi connectivity index (χ1v) is 11.5. The molecule has 3 aromatic rings. The van der Waals surface area contributed by atoms with E-state index in [-0.39, 0.29) is 24.0 Å². The molecular weight excluding hydrogens is 438 g/mol. The van der Waals surface area contributed by atoms with E-state index < -0.39 is 5.91 Å². The molecule has 0 saturated heterocycles. The highest BCUT2D eigenvalue weighted by Crippen LogP contribution is 2.26. The summed E-state index contributed by atoms with van der Waals surface area (Å²) in [7, 11) is 0. The lowest BCUT2D eigenvalue weighted by Gasteiger charge is -2.25. The molecular formula is C22H24ClN3O4S. The fraction of sp³-hybridized carbons (Fsp3) is 0.409. The van der Waals surface area contributed by atoms with Gasteiger partial charge < -0.3 is 20.1 Å². The molecule has 0 bridgehead atoms. The lowest BCUT2D eigenvalue weighted by Crippen LogP contribution is -2.27. The first-order chi connectivity index (χ1) is 15.0. The number of nitrogens with one attached hydrogen (secondary N) is 2. The Balaban J connectivity index is 1.39. The normalized spacial score (nSPS) is 18.9. The SMILES string of the molecule is O=C(NCc1cccc(Cl)c1)c1nc2scc(COCC3CCC(O)CC3)c2c(=O)[nH]1. The number of aliphatic hydroxyl groups excluding tert-OH is 1. The van der Waals surface area contributed by atoms with Gasteiger partial charge in [0.15, 0.2) is 0 Å². The first kappa shape index (κ1) is 22.0. The molecule has 0 radical (unpaired) electrons. The van der Waals surface area contributed by atoms with Crippen molar-refractivity contribution in [3.63, 3.8) is 0 Å². The van der Waals surface area contributed by atoms with Crippen molar-refractivity contribution < 1.29 is 14.6 Å². The standard InChI is InChI=1S/C22H24ClN3O4S/c23-16-3-1-2-14(8-16)9-24-21(29)19-25-20(28)18-15(12-31-22(18)26-19)11-30-10-13-4-6-17(27)7-5-13/h1-3,8,12-13,17,27H,4-7,9-11H2,(H,24,29)(H,25,26,28). The van der Waals surface area contributed by atoms with Crippen LogP contribution in [0.4, 0.5) is 0 Å². The number of H-pyrrole nitrogens is 1. The molecule has 1 aliphatic carbocycles. The number of benzene rings is 1. The monoisotopic (exact) mass is 461 g/mol. The Bertz CT molecular complexity index is 1120. The maximum atomic E-state index is 12.6. The summed E-state index contributed by atoms with van der Waals surface area (Å²) in [6.45, 7) is 1.21. The number of aromatic nitrogens is 2. The van der Waals surface area contributed by atoms with Gasteiger partial charge in [-0.05, 0) is 54.7 Å². The summed E-state index contributed by atoms with van der Waals surface area (Å²) < 4.78 is 5.85. The van der Waals surface area contributed by atoms with E-state index in [9.17, 15) is 14.7 Å². The molecule has 1 fully saturated rings. The molecule has 0 unspecified atom stereocenters. The third kappa shape index (κ3) is 5.51. The molecule has 4 rings (SSSR count). The summed E-state index contributed by atoms with van der Waals surface area (Å²) in [6.07, 6.45) is 3.38.